The van der Waals surface area contributed by atoms with Crippen molar-refractivity contribution in [2.45, 2.75) is 23.8 Å². The van der Waals surface area contributed by atoms with Gasteiger partial charge in [0.2, 0.25) is 21.8 Å². The normalized spacial score (nSPS) is 16.3. The van der Waals surface area contributed by atoms with Crippen molar-refractivity contribution in [3.63, 3.8) is 0 Å². The van der Waals surface area contributed by atoms with E-state index in [2.05, 4.69) is 16.9 Å². The molecular formula is C18H21N3O4S. The lowest BCUT2D eigenvalue weighted by Crippen LogP contribution is -2.46. The third-order valence-electron chi connectivity index (χ3n) is 4.53. The second kappa shape index (κ2) is 7.43. The molecule has 2 heterocycles. The van der Waals surface area contributed by atoms with Gasteiger partial charge in [0.15, 0.2) is 0 Å². The molecule has 0 atom stereocenters. The molecule has 1 amide bonds. The summed E-state index contributed by atoms with van der Waals surface area (Å²) in [6.45, 7) is 4.13. The van der Waals surface area contributed by atoms with E-state index in [1.54, 1.807) is 24.3 Å². The van der Waals surface area contributed by atoms with Crippen molar-refractivity contribution in [2.75, 3.05) is 20.2 Å². The monoisotopic (exact) mass is 375 g/mol. The number of carbonyl (C=O) groups is 1. The van der Waals surface area contributed by atoms with Gasteiger partial charge in [0.25, 0.3) is 0 Å². The molecule has 0 saturated carbocycles. The summed E-state index contributed by atoms with van der Waals surface area (Å²) in [5, 5.41) is 4.06. The van der Waals surface area contributed by atoms with Crippen LogP contribution in [0.4, 0.5) is 0 Å². The van der Waals surface area contributed by atoms with Crippen LogP contribution in [0.1, 0.15) is 12.8 Å². The number of benzene rings is 1. The summed E-state index contributed by atoms with van der Waals surface area (Å²) in [6, 6.07) is 6.72. The number of fused-ring (bicyclic) bond motifs is 1. The molecule has 0 spiro atoms. The average Bonchev–Trinajstić information content (AvgIpc) is 2.67. The number of sulfonamides is 1. The number of methoxy groups -OCH3 is 1. The predicted molar refractivity (Wildman–Crippen MR) is 98.4 cm³/mol. The van der Waals surface area contributed by atoms with Gasteiger partial charge in [0, 0.05) is 36.1 Å². The van der Waals surface area contributed by atoms with Crippen molar-refractivity contribution in [1.29, 1.82) is 0 Å². The Bertz CT molecular complexity index is 935. The Morgan fingerprint density at radius 1 is 1.31 bits per heavy atom. The SMILES string of the molecule is C=CC(=O)NC1CCN(S(=O)(=O)c2cccc3c(OC)nccc23)CC1. The molecule has 1 aromatic carbocycles. The highest BCUT2D eigenvalue weighted by Crippen LogP contribution is 2.31. The van der Waals surface area contributed by atoms with Crippen LogP contribution >= 0.6 is 0 Å². The fraction of sp³-hybridized carbons (Fsp3) is 0.333. The number of pyridine rings is 1. The topological polar surface area (TPSA) is 88.6 Å². The van der Waals surface area contributed by atoms with Crippen LogP contribution in [0.3, 0.4) is 0 Å². The minimum atomic E-state index is -3.65. The maximum atomic E-state index is 13.1. The van der Waals surface area contributed by atoms with Gasteiger partial charge < -0.3 is 10.1 Å². The van der Waals surface area contributed by atoms with Gasteiger partial charge >= 0.3 is 0 Å². The van der Waals surface area contributed by atoms with E-state index in [9.17, 15) is 13.2 Å². The summed E-state index contributed by atoms with van der Waals surface area (Å²) < 4.78 is 33.0. The molecule has 26 heavy (non-hydrogen) atoms. The highest BCUT2D eigenvalue weighted by molar-refractivity contribution is 7.89. The molecule has 1 fully saturated rings. The Hall–Kier alpha value is -2.45. The number of nitrogens with zero attached hydrogens (tertiary/aromatic N) is 2. The van der Waals surface area contributed by atoms with Crippen LogP contribution in [-0.2, 0) is 14.8 Å². The second-order valence-electron chi connectivity index (χ2n) is 6.06. The third kappa shape index (κ3) is 3.42. The van der Waals surface area contributed by atoms with Crippen LogP contribution in [0.15, 0.2) is 48.0 Å². The van der Waals surface area contributed by atoms with Gasteiger partial charge in [-0.05, 0) is 37.1 Å². The molecule has 2 aromatic rings. The molecule has 1 aromatic heterocycles. The first-order valence-corrected chi connectivity index (χ1v) is 9.76. The molecule has 8 heteroatoms. The molecule has 1 aliphatic heterocycles. The lowest BCUT2D eigenvalue weighted by molar-refractivity contribution is -0.117. The quantitative estimate of drug-likeness (QED) is 0.804. The summed E-state index contributed by atoms with van der Waals surface area (Å²) in [4.78, 5) is 15.8. The first kappa shape index (κ1) is 18.3. The van der Waals surface area contributed by atoms with Crippen LogP contribution < -0.4 is 10.1 Å². The standard InChI is InChI=1S/C18H21N3O4S/c1-3-17(22)20-13-8-11-21(12-9-13)26(23,24)16-6-4-5-15-14(16)7-10-19-18(15)25-2/h3-7,10,13H,1,8-9,11-12H2,2H3,(H,20,22). The van der Waals surface area contributed by atoms with Crippen LogP contribution in [0, 0.1) is 0 Å². The van der Waals surface area contributed by atoms with Crippen LogP contribution in [0.2, 0.25) is 0 Å². The van der Waals surface area contributed by atoms with Crippen molar-refractivity contribution in [1.82, 2.24) is 14.6 Å². The Kier molecular flexibility index (Phi) is 5.24. The molecule has 0 aliphatic carbocycles. The Labute approximate surface area is 152 Å². The predicted octanol–water partition coefficient (Wildman–Crippen LogP) is 1.70. The Morgan fingerprint density at radius 2 is 2.04 bits per heavy atom. The molecular weight excluding hydrogens is 354 g/mol. The fourth-order valence-corrected chi connectivity index (χ4v) is 4.85. The zero-order chi connectivity index (χ0) is 18.7. The van der Waals surface area contributed by atoms with Gasteiger partial charge in [-0.2, -0.15) is 4.31 Å². The first-order chi connectivity index (χ1) is 12.5. The number of carbonyl (C=O) groups excluding carboxylic acids is 1. The van der Waals surface area contributed by atoms with E-state index >= 15 is 0 Å². The number of hydrogen-bond acceptors (Lipinski definition) is 5. The Balaban J connectivity index is 1.87. The molecule has 0 bridgehead atoms. The van der Waals surface area contributed by atoms with E-state index in [0.29, 0.717) is 42.6 Å². The molecule has 7 nitrogen and oxygen atoms in total. The molecule has 1 N–H and O–H groups in total. The highest BCUT2D eigenvalue weighted by Gasteiger charge is 2.31. The number of hydrogen-bond donors (Lipinski definition) is 1. The minimum absolute atomic E-state index is 0.0382. The van der Waals surface area contributed by atoms with Crippen molar-refractivity contribution >= 4 is 26.7 Å². The van der Waals surface area contributed by atoms with Gasteiger partial charge in [0.05, 0.1) is 12.0 Å². The molecule has 1 saturated heterocycles. The van der Waals surface area contributed by atoms with Crippen molar-refractivity contribution < 1.29 is 17.9 Å². The van der Waals surface area contributed by atoms with Gasteiger partial charge in [-0.3, -0.25) is 4.79 Å². The van der Waals surface area contributed by atoms with Crippen LogP contribution in [0.5, 0.6) is 5.88 Å². The van der Waals surface area contributed by atoms with Gasteiger partial charge in [0.1, 0.15) is 0 Å². The van der Waals surface area contributed by atoms with Gasteiger partial charge in [-0.25, -0.2) is 13.4 Å². The van der Waals surface area contributed by atoms with Crippen LogP contribution in [-0.4, -0.2) is 49.9 Å². The lowest BCUT2D eigenvalue weighted by Gasteiger charge is -2.31. The minimum Gasteiger partial charge on any atom is -0.481 e. The fourth-order valence-electron chi connectivity index (χ4n) is 3.18. The Morgan fingerprint density at radius 3 is 2.69 bits per heavy atom. The van der Waals surface area contributed by atoms with E-state index in [-0.39, 0.29) is 16.8 Å². The van der Waals surface area contributed by atoms with E-state index in [4.69, 9.17) is 4.74 Å². The van der Waals surface area contributed by atoms with Gasteiger partial charge in [-0.1, -0.05) is 12.6 Å². The van der Waals surface area contributed by atoms with Crippen LogP contribution in [0.25, 0.3) is 10.8 Å². The van der Waals surface area contributed by atoms with E-state index in [1.165, 1.54) is 23.7 Å². The first-order valence-electron chi connectivity index (χ1n) is 8.32. The van der Waals surface area contributed by atoms with Crippen molar-refractivity contribution in [3.05, 3.63) is 43.1 Å². The molecule has 0 unspecified atom stereocenters. The van der Waals surface area contributed by atoms with Gasteiger partial charge in [-0.15, -0.1) is 0 Å². The summed E-state index contributed by atoms with van der Waals surface area (Å²) in [7, 11) is -2.15. The lowest BCUT2D eigenvalue weighted by atomic mass is 10.1. The number of amides is 1. The number of piperidine rings is 1. The summed E-state index contributed by atoms with van der Waals surface area (Å²) in [5.74, 6) is 0.158. The largest absolute Gasteiger partial charge is 0.481 e. The summed E-state index contributed by atoms with van der Waals surface area (Å²) >= 11 is 0. The zero-order valence-corrected chi connectivity index (χ0v) is 15.3. The number of aromatic nitrogens is 1. The summed E-state index contributed by atoms with van der Waals surface area (Å²) in [5.41, 5.74) is 0. The zero-order valence-electron chi connectivity index (χ0n) is 14.5. The summed E-state index contributed by atoms with van der Waals surface area (Å²) in [6.07, 6.45) is 3.89. The molecule has 1 aliphatic rings. The van der Waals surface area contributed by atoms with E-state index < -0.39 is 10.0 Å². The number of nitrogens with one attached hydrogen (secondary N) is 1. The maximum absolute atomic E-state index is 13.1. The van der Waals surface area contributed by atoms with Crippen molar-refractivity contribution in [3.8, 4) is 5.88 Å². The smallest absolute Gasteiger partial charge is 0.243 e. The average molecular weight is 375 g/mol. The molecule has 0 radical (unpaired) electrons. The van der Waals surface area contributed by atoms with Crippen molar-refractivity contribution in [2.24, 2.45) is 0 Å². The number of ether oxygens (including phenoxy) is 1. The second-order valence-corrected chi connectivity index (χ2v) is 7.97. The molecule has 3 rings (SSSR count). The number of rotatable bonds is 5. The molecule has 138 valence electrons. The third-order valence-corrected chi connectivity index (χ3v) is 6.48. The highest BCUT2D eigenvalue weighted by atomic mass is 32.2. The van der Waals surface area contributed by atoms with E-state index in [1.807, 2.05) is 0 Å². The van der Waals surface area contributed by atoms with E-state index in [0.717, 1.165) is 0 Å². The maximum Gasteiger partial charge on any atom is 0.243 e.